The number of aliphatic hydroxyl groups excluding tert-OH is 2. The standard InChI is InChI=1S/C12H17NO4/c1-6-3-8(11(15)9(14)5-13)4-7(2)10(6)12(16)17/h3-4,9,11,14-15H,5,13H2,1-2H3,(H,16,17). The van der Waals surface area contributed by atoms with Crippen LogP contribution in [0.3, 0.4) is 0 Å². The minimum Gasteiger partial charge on any atom is -0.478 e. The van der Waals surface area contributed by atoms with Gasteiger partial charge in [0.05, 0.1) is 11.7 Å². The van der Waals surface area contributed by atoms with Crippen LogP contribution in [0.15, 0.2) is 12.1 Å². The van der Waals surface area contributed by atoms with E-state index in [1.807, 2.05) is 0 Å². The van der Waals surface area contributed by atoms with Gasteiger partial charge in [-0.3, -0.25) is 0 Å². The van der Waals surface area contributed by atoms with Crippen LogP contribution in [-0.4, -0.2) is 33.9 Å². The highest BCUT2D eigenvalue weighted by Gasteiger charge is 2.20. The Morgan fingerprint density at radius 2 is 1.76 bits per heavy atom. The van der Waals surface area contributed by atoms with Crippen LogP contribution in [0.1, 0.15) is 33.2 Å². The molecule has 0 aliphatic carbocycles. The number of hydrogen-bond donors (Lipinski definition) is 4. The van der Waals surface area contributed by atoms with Gasteiger partial charge in [-0.05, 0) is 30.5 Å². The predicted octanol–water partition coefficient (Wildman–Crippen LogP) is 0.355. The molecule has 0 aliphatic rings. The molecule has 0 amide bonds. The minimum atomic E-state index is -1.10. The molecule has 2 unspecified atom stereocenters. The molecule has 1 aromatic carbocycles. The molecule has 0 heterocycles. The lowest BCUT2D eigenvalue weighted by Gasteiger charge is -2.18. The fourth-order valence-corrected chi connectivity index (χ4v) is 1.86. The topological polar surface area (TPSA) is 104 Å². The first-order chi connectivity index (χ1) is 7.88. The van der Waals surface area contributed by atoms with Crippen LogP contribution < -0.4 is 5.73 Å². The summed E-state index contributed by atoms with van der Waals surface area (Å²) < 4.78 is 0. The smallest absolute Gasteiger partial charge is 0.336 e. The largest absolute Gasteiger partial charge is 0.478 e. The lowest BCUT2D eigenvalue weighted by molar-refractivity contribution is 0.0242. The quantitative estimate of drug-likeness (QED) is 0.607. The summed E-state index contributed by atoms with van der Waals surface area (Å²) in [5.74, 6) is -1.000. The molecular weight excluding hydrogens is 222 g/mol. The molecule has 94 valence electrons. The lowest BCUT2D eigenvalue weighted by atomic mass is 9.95. The number of aliphatic hydroxyl groups is 2. The van der Waals surface area contributed by atoms with Crippen molar-refractivity contribution in [3.05, 3.63) is 34.4 Å². The van der Waals surface area contributed by atoms with Gasteiger partial charge in [-0.25, -0.2) is 4.79 Å². The number of carboxylic acid groups (broad SMARTS) is 1. The molecule has 0 saturated heterocycles. The molecular formula is C12H17NO4. The second-order valence-corrected chi connectivity index (χ2v) is 4.08. The van der Waals surface area contributed by atoms with Crippen LogP contribution in [0.2, 0.25) is 0 Å². The van der Waals surface area contributed by atoms with Gasteiger partial charge >= 0.3 is 5.97 Å². The van der Waals surface area contributed by atoms with Crippen LogP contribution in [0.25, 0.3) is 0 Å². The Balaban J connectivity index is 3.19. The Morgan fingerprint density at radius 1 is 1.29 bits per heavy atom. The number of aromatic carboxylic acids is 1. The third kappa shape index (κ3) is 2.82. The average molecular weight is 239 g/mol. The van der Waals surface area contributed by atoms with Gasteiger partial charge in [0.15, 0.2) is 0 Å². The van der Waals surface area contributed by atoms with E-state index in [4.69, 9.17) is 10.8 Å². The lowest BCUT2D eigenvalue weighted by Crippen LogP contribution is -2.27. The SMILES string of the molecule is Cc1cc(C(O)C(O)CN)cc(C)c1C(=O)O. The number of hydrogen-bond acceptors (Lipinski definition) is 4. The third-order valence-electron chi connectivity index (χ3n) is 2.72. The first-order valence-electron chi connectivity index (χ1n) is 5.29. The molecule has 5 heteroatoms. The Bertz CT molecular complexity index is 408. The zero-order chi connectivity index (χ0) is 13.2. The first-order valence-corrected chi connectivity index (χ1v) is 5.29. The monoisotopic (exact) mass is 239 g/mol. The Kier molecular flexibility index (Phi) is 4.22. The van der Waals surface area contributed by atoms with Gasteiger partial charge in [0.1, 0.15) is 6.10 Å². The maximum absolute atomic E-state index is 11.0. The second kappa shape index (κ2) is 5.27. The highest BCUT2D eigenvalue weighted by molar-refractivity contribution is 5.91. The average Bonchev–Trinajstić information content (AvgIpc) is 2.25. The van der Waals surface area contributed by atoms with E-state index in [0.717, 1.165) is 0 Å². The zero-order valence-electron chi connectivity index (χ0n) is 9.84. The summed E-state index contributed by atoms with van der Waals surface area (Å²) in [6.07, 6.45) is -2.15. The fraction of sp³-hybridized carbons (Fsp3) is 0.417. The van der Waals surface area contributed by atoms with Crippen molar-refractivity contribution in [2.45, 2.75) is 26.1 Å². The van der Waals surface area contributed by atoms with E-state index in [2.05, 4.69) is 0 Å². The number of rotatable bonds is 4. The van der Waals surface area contributed by atoms with Crippen molar-refractivity contribution < 1.29 is 20.1 Å². The maximum atomic E-state index is 11.0. The Labute approximate surface area is 99.5 Å². The zero-order valence-corrected chi connectivity index (χ0v) is 9.84. The molecule has 0 saturated carbocycles. The second-order valence-electron chi connectivity index (χ2n) is 4.08. The molecule has 0 bridgehead atoms. The summed E-state index contributed by atoms with van der Waals surface area (Å²) in [5.41, 5.74) is 7.06. The highest BCUT2D eigenvalue weighted by atomic mass is 16.4. The fourth-order valence-electron chi connectivity index (χ4n) is 1.86. The molecule has 0 spiro atoms. The predicted molar refractivity (Wildman–Crippen MR) is 62.9 cm³/mol. The van der Waals surface area contributed by atoms with Gasteiger partial charge in [-0.2, -0.15) is 0 Å². The van der Waals surface area contributed by atoms with E-state index in [0.29, 0.717) is 16.7 Å². The Hall–Kier alpha value is -1.43. The summed E-state index contributed by atoms with van der Waals surface area (Å²) in [5, 5.41) is 28.2. The van der Waals surface area contributed by atoms with E-state index < -0.39 is 18.2 Å². The molecule has 1 rings (SSSR count). The van der Waals surface area contributed by atoms with Gasteiger partial charge in [-0.1, -0.05) is 12.1 Å². The minimum absolute atomic E-state index is 0.0556. The molecule has 5 nitrogen and oxygen atoms in total. The number of aryl methyl sites for hydroxylation is 2. The molecule has 17 heavy (non-hydrogen) atoms. The third-order valence-corrected chi connectivity index (χ3v) is 2.72. The van der Waals surface area contributed by atoms with Gasteiger partial charge in [0.25, 0.3) is 0 Å². The number of carboxylic acids is 1. The summed E-state index contributed by atoms with van der Waals surface area (Å²) in [6, 6.07) is 3.11. The van der Waals surface area contributed by atoms with Crippen molar-refractivity contribution in [2.24, 2.45) is 5.73 Å². The maximum Gasteiger partial charge on any atom is 0.336 e. The van der Waals surface area contributed by atoms with Crippen molar-refractivity contribution in [3.63, 3.8) is 0 Å². The van der Waals surface area contributed by atoms with E-state index in [1.54, 1.807) is 26.0 Å². The molecule has 0 aliphatic heterocycles. The highest BCUT2D eigenvalue weighted by Crippen LogP contribution is 2.23. The number of nitrogens with two attached hydrogens (primary N) is 1. The van der Waals surface area contributed by atoms with Crippen molar-refractivity contribution in [1.82, 2.24) is 0 Å². The van der Waals surface area contributed by atoms with Crippen molar-refractivity contribution in [3.8, 4) is 0 Å². The summed E-state index contributed by atoms with van der Waals surface area (Å²) in [7, 11) is 0. The van der Waals surface area contributed by atoms with Crippen LogP contribution in [0, 0.1) is 13.8 Å². The van der Waals surface area contributed by atoms with E-state index >= 15 is 0 Å². The van der Waals surface area contributed by atoms with Gasteiger partial charge < -0.3 is 21.1 Å². The van der Waals surface area contributed by atoms with Crippen LogP contribution in [-0.2, 0) is 0 Å². The van der Waals surface area contributed by atoms with Crippen LogP contribution in [0.5, 0.6) is 0 Å². The number of carbonyl (C=O) groups is 1. The van der Waals surface area contributed by atoms with Gasteiger partial charge in [-0.15, -0.1) is 0 Å². The van der Waals surface area contributed by atoms with Crippen molar-refractivity contribution >= 4 is 5.97 Å². The van der Waals surface area contributed by atoms with E-state index in [-0.39, 0.29) is 12.1 Å². The van der Waals surface area contributed by atoms with E-state index in [1.165, 1.54) is 0 Å². The first kappa shape index (κ1) is 13.6. The van der Waals surface area contributed by atoms with Gasteiger partial charge in [0.2, 0.25) is 0 Å². The molecule has 2 atom stereocenters. The molecule has 0 aromatic heterocycles. The van der Waals surface area contributed by atoms with Crippen molar-refractivity contribution in [2.75, 3.05) is 6.54 Å². The molecule has 1 aromatic rings. The van der Waals surface area contributed by atoms with Gasteiger partial charge in [0, 0.05) is 6.54 Å². The van der Waals surface area contributed by atoms with Crippen LogP contribution >= 0.6 is 0 Å². The molecule has 5 N–H and O–H groups in total. The summed E-state index contributed by atoms with van der Waals surface area (Å²) in [4.78, 5) is 11.0. The van der Waals surface area contributed by atoms with Crippen molar-refractivity contribution in [1.29, 1.82) is 0 Å². The number of benzene rings is 1. The molecule has 0 radical (unpaired) electrons. The summed E-state index contributed by atoms with van der Waals surface area (Å²) >= 11 is 0. The molecule has 0 fully saturated rings. The Morgan fingerprint density at radius 3 is 2.12 bits per heavy atom. The normalized spacial score (nSPS) is 14.4. The van der Waals surface area contributed by atoms with E-state index in [9.17, 15) is 15.0 Å². The van der Waals surface area contributed by atoms with Crippen LogP contribution in [0.4, 0.5) is 0 Å². The summed E-state index contributed by atoms with van der Waals surface area (Å²) in [6.45, 7) is 3.25.